The van der Waals surface area contributed by atoms with E-state index in [4.69, 9.17) is 4.74 Å². The van der Waals surface area contributed by atoms with Crippen LogP contribution in [0.1, 0.15) is 19.8 Å². The molecule has 0 spiro atoms. The summed E-state index contributed by atoms with van der Waals surface area (Å²) in [7, 11) is 0. The zero-order valence-corrected chi connectivity index (χ0v) is 13.7. The number of benzene rings is 1. The summed E-state index contributed by atoms with van der Waals surface area (Å²) in [6.07, 6.45) is 1.85. The Labute approximate surface area is 132 Å². The number of carbonyl (C=O) groups excluding carboxylic acids is 1. The van der Waals surface area contributed by atoms with E-state index in [-0.39, 0.29) is 24.3 Å². The predicted octanol–water partition coefficient (Wildman–Crippen LogP) is 2.57. The molecule has 0 radical (unpaired) electrons. The standard InChI is InChI=1S/C15H20BrFN2O2/c1-2-7-19(12-5-6-18-9-12)15(20)10-21-14-4-3-11(16)8-13(14)17/h3-4,8,12,18H,2,5-7,9-10H2,1H3. The number of hydrogen-bond acceptors (Lipinski definition) is 3. The summed E-state index contributed by atoms with van der Waals surface area (Å²) in [6.45, 7) is 4.36. The first kappa shape index (κ1) is 16.2. The molecule has 0 aromatic heterocycles. The van der Waals surface area contributed by atoms with Gasteiger partial charge in [0.2, 0.25) is 0 Å². The Morgan fingerprint density at radius 1 is 1.57 bits per heavy atom. The van der Waals surface area contributed by atoms with Crippen LogP contribution < -0.4 is 10.1 Å². The minimum absolute atomic E-state index is 0.0899. The minimum atomic E-state index is -0.471. The highest BCUT2D eigenvalue weighted by Crippen LogP contribution is 2.21. The van der Waals surface area contributed by atoms with Gasteiger partial charge in [0, 0.05) is 23.6 Å². The van der Waals surface area contributed by atoms with E-state index in [9.17, 15) is 9.18 Å². The van der Waals surface area contributed by atoms with E-state index < -0.39 is 5.82 Å². The summed E-state index contributed by atoms with van der Waals surface area (Å²) in [6, 6.07) is 4.75. The molecule has 1 aromatic rings. The van der Waals surface area contributed by atoms with Gasteiger partial charge in [-0.3, -0.25) is 4.79 Å². The van der Waals surface area contributed by atoms with Gasteiger partial charge in [-0.05, 0) is 37.6 Å². The average molecular weight is 359 g/mol. The summed E-state index contributed by atoms with van der Waals surface area (Å²) in [5.74, 6) is -0.456. The molecule has 6 heteroatoms. The van der Waals surface area contributed by atoms with Gasteiger partial charge in [0.1, 0.15) is 0 Å². The lowest BCUT2D eigenvalue weighted by Gasteiger charge is -2.28. The first-order valence-electron chi connectivity index (χ1n) is 7.20. The zero-order valence-electron chi connectivity index (χ0n) is 12.1. The van der Waals surface area contributed by atoms with E-state index in [1.54, 1.807) is 6.07 Å². The Kier molecular flexibility index (Phi) is 5.99. The van der Waals surface area contributed by atoms with E-state index in [0.29, 0.717) is 11.0 Å². The second-order valence-corrected chi connectivity index (χ2v) is 6.01. The molecule has 4 nitrogen and oxygen atoms in total. The first-order chi connectivity index (χ1) is 10.1. The highest BCUT2D eigenvalue weighted by molar-refractivity contribution is 9.10. The van der Waals surface area contributed by atoms with Crippen molar-refractivity contribution in [1.29, 1.82) is 0 Å². The Morgan fingerprint density at radius 3 is 3.00 bits per heavy atom. The third-order valence-corrected chi connectivity index (χ3v) is 4.00. The molecule has 1 fully saturated rings. The van der Waals surface area contributed by atoms with E-state index in [0.717, 1.165) is 25.9 Å². The molecule has 1 aliphatic rings. The molecule has 0 saturated carbocycles. The number of amides is 1. The molecule has 0 aliphatic carbocycles. The Balaban J connectivity index is 1.95. The van der Waals surface area contributed by atoms with E-state index in [1.165, 1.54) is 12.1 Å². The van der Waals surface area contributed by atoms with Crippen molar-refractivity contribution in [1.82, 2.24) is 10.2 Å². The smallest absolute Gasteiger partial charge is 0.260 e. The van der Waals surface area contributed by atoms with Crippen LogP contribution in [0.15, 0.2) is 22.7 Å². The largest absolute Gasteiger partial charge is 0.481 e. The van der Waals surface area contributed by atoms with Crippen molar-refractivity contribution in [2.75, 3.05) is 26.2 Å². The van der Waals surface area contributed by atoms with Crippen LogP contribution in [0.25, 0.3) is 0 Å². The fraction of sp³-hybridized carbons (Fsp3) is 0.533. The topological polar surface area (TPSA) is 41.6 Å². The van der Waals surface area contributed by atoms with Crippen molar-refractivity contribution >= 4 is 21.8 Å². The van der Waals surface area contributed by atoms with Crippen LogP contribution in [0.5, 0.6) is 5.75 Å². The number of halogens is 2. The monoisotopic (exact) mass is 358 g/mol. The molecular formula is C15H20BrFN2O2. The van der Waals surface area contributed by atoms with Gasteiger partial charge in [0.05, 0.1) is 0 Å². The fourth-order valence-corrected chi connectivity index (χ4v) is 2.81. The molecule has 1 amide bonds. The third kappa shape index (κ3) is 4.41. The van der Waals surface area contributed by atoms with Gasteiger partial charge in [0.15, 0.2) is 18.2 Å². The van der Waals surface area contributed by atoms with E-state index >= 15 is 0 Å². The lowest BCUT2D eigenvalue weighted by Crippen LogP contribution is -2.44. The molecule has 21 heavy (non-hydrogen) atoms. The number of rotatable bonds is 6. The lowest BCUT2D eigenvalue weighted by molar-refractivity contribution is -0.135. The third-order valence-electron chi connectivity index (χ3n) is 3.51. The lowest BCUT2D eigenvalue weighted by atomic mass is 10.2. The van der Waals surface area contributed by atoms with Crippen LogP contribution in [0.2, 0.25) is 0 Å². The Hall–Kier alpha value is -1.14. The van der Waals surface area contributed by atoms with E-state index in [2.05, 4.69) is 21.2 Å². The molecular weight excluding hydrogens is 339 g/mol. The van der Waals surface area contributed by atoms with Crippen LogP contribution in [0.3, 0.4) is 0 Å². The van der Waals surface area contributed by atoms with Crippen molar-refractivity contribution in [2.24, 2.45) is 0 Å². The molecule has 1 unspecified atom stereocenters. The number of nitrogens with zero attached hydrogens (tertiary/aromatic N) is 1. The molecule has 1 aliphatic heterocycles. The highest BCUT2D eigenvalue weighted by Gasteiger charge is 2.26. The second kappa shape index (κ2) is 7.75. The van der Waals surface area contributed by atoms with Gasteiger partial charge >= 0.3 is 0 Å². The molecule has 1 N–H and O–H groups in total. The van der Waals surface area contributed by atoms with Crippen LogP contribution >= 0.6 is 15.9 Å². The van der Waals surface area contributed by atoms with Gasteiger partial charge in [-0.15, -0.1) is 0 Å². The van der Waals surface area contributed by atoms with Crippen molar-refractivity contribution in [3.05, 3.63) is 28.5 Å². The fourth-order valence-electron chi connectivity index (χ4n) is 2.47. The molecule has 1 aromatic carbocycles. The maximum Gasteiger partial charge on any atom is 0.260 e. The molecule has 0 bridgehead atoms. The maximum atomic E-state index is 13.7. The van der Waals surface area contributed by atoms with Crippen molar-refractivity contribution in [3.8, 4) is 5.75 Å². The van der Waals surface area contributed by atoms with Gasteiger partial charge in [-0.2, -0.15) is 0 Å². The summed E-state index contributed by atoms with van der Waals surface area (Å²) >= 11 is 3.19. The van der Waals surface area contributed by atoms with Crippen LogP contribution in [0, 0.1) is 5.82 Å². The summed E-state index contributed by atoms with van der Waals surface area (Å²) in [5.41, 5.74) is 0. The normalized spacial score (nSPS) is 17.8. The molecule has 2 rings (SSSR count). The molecule has 116 valence electrons. The second-order valence-electron chi connectivity index (χ2n) is 5.10. The van der Waals surface area contributed by atoms with Crippen LogP contribution in [-0.2, 0) is 4.79 Å². The van der Waals surface area contributed by atoms with Gasteiger partial charge in [-0.25, -0.2) is 4.39 Å². The Morgan fingerprint density at radius 2 is 2.38 bits per heavy atom. The van der Waals surface area contributed by atoms with Gasteiger partial charge in [-0.1, -0.05) is 22.9 Å². The molecule has 1 atom stereocenters. The average Bonchev–Trinajstić information content (AvgIpc) is 2.97. The summed E-state index contributed by atoms with van der Waals surface area (Å²) in [4.78, 5) is 14.2. The minimum Gasteiger partial charge on any atom is -0.481 e. The number of hydrogen-bond donors (Lipinski definition) is 1. The van der Waals surface area contributed by atoms with E-state index in [1.807, 2.05) is 11.8 Å². The van der Waals surface area contributed by atoms with Crippen LogP contribution in [-0.4, -0.2) is 43.1 Å². The molecule has 1 heterocycles. The number of carbonyl (C=O) groups is 1. The maximum absolute atomic E-state index is 13.7. The SMILES string of the molecule is CCCN(C(=O)COc1ccc(Br)cc1F)C1CCNC1. The number of ether oxygens (including phenoxy) is 1. The Bertz CT molecular complexity index is 493. The highest BCUT2D eigenvalue weighted by atomic mass is 79.9. The number of nitrogens with one attached hydrogen (secondary N) is 1. The van der Waals surface area contributed by atoms with Crippen molar-refractivity contribution in [3.63, 3.8) is 0 Å². The van der Waals surface area contributed by atoms with Gasteiger partial charge in [0.25, 0.3) is 5.91 Å². The first-order valence-corrected chi connectivity index (χ1v) is 7.99. The molecule has 1 saturated heterocycles. The van der Waals surface area contributed by atoms with Crippen LogP contribution in [0.4, 0.5) is 4.39 Å². The summed E-state index contributed by atoms with van der Waals surface area (Å²) < 4.78 is 19.6. The van der Waals surface area contributed by atoms with Gasteiger partial charge < -0.3 is 15.0 Å². The predicted molar refractivity (Wildman–Crippen MR) is 82.9 cm³/mol. The zero-order chi connectivity index (χ0) is 15.2. The quantitative estimate of drug-likeness (QED) is 0.849. The van der Waals surface area contributed by atoms with Crippen molar-refractivity contribution < 1.29 is 13.9 Å². The summed E-state index contributed by atoms with van der Waals surface area (Å²) in [5, 5.41) is 3.26. The van der Waals surface area contributed by atoms with Crippen molar-refractivity contribution in [2.45, 2.75) is 25.8 Å².